The third-order valence-electron chi connectivity index (χ3n) is 5.27. The number of hydrogen-bond acceptors (Lipinski definition) is 10. The smallest absolute Gasteiger partial charge is 0.335 e. The minimum Gasteiger partial charge on any atom is -0.505 e. The van der Waals surface area contributed by atoms with Gasteiger partial charge in [0.15, 0.2) is 17.1 Å². The molecule has 1 amide bonds. The molecule has 0 aliphatic carbocycles. The fraction of sp³-hybridized carbons (Fsp3) is 0.0435. The van der Waals surface area contributed by atoms with E-state index in [0.29, 0.717) is 0 Å². The fourth-order valence-electron chi connectivity index (χ4n) is 3.39. The molecule has 0 atom stereocenters. The number of pyridine rings is 1. The number of carbonyl (C=O) groups excluding carboxylic acids is 1. The molecule has 0 radical (unpaired) electrons. The van der Waals surface area contributed by atoms with Crippen molar-refractivity contribution in [3.05, 3.63) is 64.5 Å². The lowest BCUT2D eigenvalue weighted by atomic mass is 10.1. The first-order valence-corrected chi connectivity index (χ1v) is 10.3. The Balaban J connectivity index is 1.73. The number of aromatic hydroxyl groups is 4. The van der Waals surface area contributed by atoms with Crippen LogP contribution >= 0.6 is 0 Å². The molecule has 2 aromatic heterocycles. The van der Waals surface area contributed by atoms with Crippen molar-refractivity contribution in [2.75, 3.05) is 0 Å². The molecule has 0 saturated heterocycles. The number of hydrazone groups is 1. The molecule has 14 heteroatoms. The molecule has 37 heavy (non-hydrogen) atoms. The fourth-order valence-corrected chi connectivity index (χ4v) is 3.39. The van der Waals surface area contributed by atoms with Crippen LogP contribution in [0.15, 0.2) is 41.6 Å². The maximum Gasteiger partial charge on any atom is 0.335 e. The molecule has 0 spiro atoms. The number of aryl methyl sites for hydroxylation is 1. The van der Waals surface area contributed by atoms with Gasteiger partial charge in [0.25, 0.3) is 5.91 Å². The number of phenols is 3. The van der Waals surface area contributed by atoms with Gasteiger partial charge in [0.1, 0.15) is 5.75 Å². The molecule has 7 N–H and O–H groups in total. The van der Waals surface area contributed by atoms with Gasteiger partial charge in [0, 0.05) is 6.20 Å². The second-order valence-corrected chi connectivity index (χ2v) is 7.68. The van der Waals surface area contributed by atoms with Crippen molar-refractivity contribution in [1.29, 1.82) is 0 Å². The lowest BCUT2D eigenvalue weighted by Crippen LogP contribution is -2.17. The molecule has 0 aliphatic heterocycles. The van der Waals surface area contributed by atoms with E-state index in [9.17, 15) is 45.0 Å². The molecule has 0 aliphatic rings. The predicted molar refractivity (Wildman–Crippen MR) is 126 cm³/mol. The van der Waals surface area contributed by atoms with Crippen LogP contribution in [0.2, 0.25) is 0 Å². The molecule has 4 aromatic rings. The lowest BCUT2D eigenvalue weighted by molar-refractivity contribution is 0.0696. The molecule has 188 valence electrons. The highest BCUT2D eigenvalue weighted by Crippen LogP contribution is 2.37. The molecular weight excluding hydrogens is 490 g/mol. The van der Waals surface area contributed by atoms with Gasteiger partial charge in [0.2, 0.25) is 5.75 Å². The number of carboxylic acids is 2. The number of aromatic carboxylic acids is 2. The molecule has 0 fully saturated rings. The van der Waals surface area contributed by atoms with Gasteiger partial charge in [-0.1, -0.05) is 0 Å². The average Bonchev–Trinajstić information content (AvgIpc) is 3.28. The van der Waals surface area contributed by atoms with Gasteiger partial charge in [-0.05, 0) is 37.3 Å². The number of carboxylic acid groups (broad SMARTS) is 2. The summed E-state index contributed by atoms with van der Waals surface area (Å²) in [6.07, 6.45) is 2.44. The number of rotatable bonds is 6. The summed E-state index contributed by atoms with van der Waals surface area (Å²) < 4.78 is 1.18. The van der Waals surface area contributed by atoms with Gasteiger partial charge in [-0.15, -0.1) is 5.10 Å². The molecular formula is C23H17N5O9. The molecule has 0 saturated carbocycles. The van der Waals surface area contributed by atoms with E-state index in [-0.39, 0.29) is 50.4 Å². The van der Waals surface area contributed by atoms with Crippen molar-refractivity contribution in [2.45, 2.75) is 6.92 Å². The van der Waals surface area contributed by atoms with Crippen molar-refractivity contribution >= 4 is 35.1 Å². The minimum atomic E-state index is -1.34. The van der Waals surface area contributed by atoms with Gasteiger partial charge in [-0.2, -0.15) is 5.10 Å². The molecule has 4 rings (SSSR count). The van der Waals surface area contributed by atoms with E-state index in [1.165, 1.54) is 29.9 Å². The van der Waals surface area contributed by atoms with E-state index < -0.39 is 35.1 Å². The Labute approximate surface area is 206 Å². The maximum absolute atomic E-state index is 12.3. The Morgan fingerprint density at radius 2 is 1.59 bits per heavy atom. The van der Waals surface area contributed by atoms with Crippen LogP contribution in [0.1, 0.15) is 42.3 Å². The second-order valence-electron chi connectivity index (χ2n) is 7.68. The topological polar surface area (TPSA) is 228 Å². The predicted octanol–water partition coefficient (Wildman–Crippen LogP) is 1.71. The van der Waals surface area contributed by atoms with Crippen LogP contribution in [0.4, 0.5) is 0 Å². The number of fused-ring (bicyclic) bond motifs is 1. The van der Waals surface area contributed by atoms with Crippen molar-refractivity contribution in [3.8, 4) is 28.7 Å². The highest BCUT2D eigenvalue weighted by molar-refractivity contribution is 6.02. The van der Waals surface area contributed by atoms with E-state index in [0.717, 1.165) is 24.4 Å². The number of nitrogens with zero attached hydrogens (tertiary/aromatic N) is 4. The summed E-state index contributed by atoms with van der Waals surface area (Å²) in [7, 11) is 0. The summed E-state index contributed by atoms with van der Waals surface area (Å²) in [5.41, 5.74) is 1.59. The van der Waals surface area contributed by atoms with Gasteiger partial charge >= 0.3 is 11.9 Å². The van der Waals surface area contributed by atoms with Crippen LogP contribution in [0.5, 0.6) is 23.0 Å². The normalized spacial score (nSPS) is 11.2. The van der Waals surface area contributed by atoms with E-state index >= 15 is 0 Å². The van der Waals surface area contributed by atoms with Gasteiger partial charge in [-0.3, -0.25) is 4.79 Å². The Hall–Kier alpha value is -5.66. The number of aromatic nitrogens is 3. The average molecular weight is 507 g/mol. The summed E-state index contributed by atoms with van der Waals surface area (Å²) >= 11 is 0. The Bertz CT molecular complexity index is 1610. The number of nitrogens with one attached hydrogen (secondary N) is 1. The zero-order valence-electron chi connectivity index (χ0n) is 18.7. The van der Waals surface area contributed by atoms with Crippen LogP contribution in [-0.2, 0) is 0 Å². The first kappa shape index (κ1) is 24.5. The zero-order valence-corrected chi connectivity index (χ0v) is 18.7. The monoisotopic (exact) mass is 507 g/mol. The Morgan fingerprint density at radius 1 is 0.946 bits per heavy atom. The summed E-state index contributed by atoms with van der Waals surface area (Å²) in [5.74, 6) is -6.30. The quantitative estimate of drug-likeness (QED) is 0.113. The van der Waals surface area contributed by atoms with Gasteiger partial charge in [0.05, 0.1) is 45.2 Å². The van der Waals surface area contributed by atoms with E-state index in [1.54, 1.807) is 0 Å². The highest BCUT2D eigenvalue weighted by atomic mass is 16.4. The van der Waals surface area contributed by atoms with Crippen LogP contribution in [0, 0.1) is 6.92 Å². The molecule has 14 nitrogen and oxygen atoms in total. The van der Waals surface area contributed by atoms with Crippen LogP contribution < -0.4 is 5.43 Å². The van der Waals surface area contributed by atoms with Crippen molar-refractivity contribution < 1.29 is 45.0 Å². The first-order valence-electron chi connectivity index (χ1n) is 10.3. The van der Waals surface area contributed by atoms with Crippen LogP contribution in [0.3, 0.4) is 0 Å². The van der Waals surface area contributed by atoms with Crippen LogP contribution in [0.25, 0.3) is 16.7 Å². The van der Waals surface area contributed by atoms with E-state index in [4.69, 9.17) is 0 Å². The van der Waals surface area contributed by atoms with E-state index in [2.05, 4.69) is 20.6 Å². The minimum absolute atomic E-state index is 0.0691. The van der Waals surface area contributed by atoms with Crippen molar-refractivity contribution in [3.63, 3.8) is 0 Å². The first-order chi connectivity index (χ1) is 17.5. The third kappa shape index (κ3) is 4.53. The third-order valence-corrected chi connectivity index (χ3v) is 5.27. The summed E-state index contributed by atoms with van der Waals surface area (Å²) in [6, 6.07) is 5.47. The Morgan fingerprint density at radius 3 is 2.22 bits per heavy atom. The number of benzene rings is 2. The number of amides is 1. The van der Waals surface area contributed by atoms with Gasteiger partial charge in [-0.25, -0.2) is 24.7 Å². The summed E-state index contributed by atoms with van der Waals surface area (Å²) in [5, 5.41) is 66.2. The summed E-state index contributed by atoms with van der Waals surface area (Å²) in [4.78, 5) is 39.4. The van der Waals surface area contributed by atoms with Crippen LogP contribution in [-0.4, -0.2) is 69.5 Å². The standard InChI is InChI=1S/C23H17N5O9/c1-9-17(30)14(7-24-26-21(33)13-2-3-16(29)19(32)18(13)31)15-8-28(27-20(15)25-9)12-5-10(22(34)35)4-11(6-12)23(36)37/h2-8,29-32H,1H3,(H,26,33)(H,34,35)(H,36,37). The largest absolute Gasteiger partial charge is 0.505 e. The Kier molecular flexibility index (Phi) is 6.07. The highest BCUT2D eigenvalue weighted by Gasteiger charge is 2.19. The lowest BCUT2D eigenvalue weighted by Gasteiger charge is -2.06. The van der Waals surface area contributed by atoms with Crippen molar-refractivity contribution in [1.82, 2.24) is 20.2 Å². The number of hydrogen-bond donors (Lipinski definition) is 7. The summed E-state index contributed by atoms with van der Waals surface area (Å²) in [6.45, 7) is 1.48. The van der Waals surface area contributed by atoms with Crippen molar-refractivity contribution in [2.24, 2.45) is 5.10 Å². The zero-order chi connectivity index (χ0) is 27.0. The number of carbonyl (C=O) groups is 3. The molecule has 0 unspecified atom stereocenters. The SMILES string of the molecule is Cc1nc2nn(-c3cc(C(=O)O)cc(C(=O)O)c3)cc2c(C=NNC(=O)c2ccc(O)c(O)c2O)c1O. The van der Waals surface area contributed by atoms with E-state index in [1.807, 2.05) is 0 Å². The number of phenolic OH excluding ortho intramolecular Hbond substituents is 3. The molecule has 2 heterocycles. The maximum atomic E-state index is 12.3. The van der Waals surface area contributed by atoms with Gasteiger partial charge < -0.3 is 30.6 Å². The molecule has 2 aromatic carbocycles. The second kappa shape index (κ2) is 9.18. The molecule has 0 bridgehead atoms.